The third kappa shape index (κ3) is 3.59. The molecule has 142 valence electrons. The van der Waals surface area contributed by atoms with Gasteiger partial charge in [-0.3, -0.25) is 15.1 Å². The van der Waals surface area contributed by atoms with E-state index in [9.17, 15) is 4.79 Å². The molecule has 2 saturated heterocycles. The third-order valence-electron chi connectivity index (χ3n) is 5.91. The molecule has 1 aromatic carbocycles. The number of amides is 1. The first kappa shape index (κ1) is 17.8. The number of hydrazine groups is 1. The number of benzene rings is 1. The lowest BCUT2D eigenvalue weighted by Crippen LogP contribution is -2.61. The highest BCUT2D eigenvalue weighted by molar-refractivity contribution is 5.80. The van der Waals surface area contributed by atoms with Gasteiger partial charge in [-0.1, -0.05) is 19.9 Å². The quantitative estimate of drug-likeness (QED) is 0.759. The van der Waals surface area contributed by atoms with Gasteiger partial charge in [0.05, 0.1) is 5.92 Å². The summed E-state index contributed by atoms with van der Waals surface area (Å²) in [7, 11) is 0. The number of fused-ring (bicyclic) bond motifs is 1. The number of carbonyl (C=O) groups excluding carboxylic acids is 1. The summed E-state index contributed by atoms with van der Waals surface area (Å²) < 4.78 is 6.18. The summed E-state index contributed by atoms with van der Waals surface area (Å²) in [5, 5.41) is 3.40. The normalized spacial score (nSPS) is 29.5. The fourth-order valence-electron chi connectivity index (χ4n) is 4.55. The third-order valence-corrected chi connectivity index (χ3v) is 5.91. The van der Waals surface area contributed by atoms with E-state index >= 15 is 0 Å². The second-order valence-electron chi connectivity index (χ2n) is 8.13. The molecule has 0 saturated carbocycles. The molecule has 3 heterocycles. The molecule has 3 aliphatic rings. The standard InChI is InChI=1S/C20H30N4O2/c1-13(2)19-18(10-22-23-20(19)25)24-11-14-5-6-16(8-15(14)12-24)26-17-4-3-7-21-9-17/h5-6,8,13,17-19,21-22H,3-4,7,9-12H2,1-2H3,(H,23,25). The fraction of sp³-hybridized carbons (Fsp3) is 0.650. The summed E-state index contributed by atoms with van der Waals surface area (Å²) in [6.07, 6.45) is 2.57. The van der Waals surface area contributed by atoms with Gasteiger partial charge in [0, 0.05) is 32.2 Å². The van der Waals surface area contributed by atoms with Crippen molar-refractivity contribution in [2.75, 3.05) is 19.6 Å². The van der Waals surface area contributed by atoms with Crippen LogP contribution in [0.4, 0.5) is 0 Å². The molecule has 1 aromatic rings. The summed E-state index contributed by atoms with van der Waals surface area (Å²) in [4.78, 5) is 14.8. The van der Waals surface area contributed by atoms with Crippen LogP contribution in [0, 0.1) is 11.8 Å². The van der Waals surface area contributed by atoms with E-state index in [0.717, 1.165) is 44.9 Å². The van der Waals surface area contributed by atoms with Crippen molar-refractivity contribution in [3.05, 3.63) is 29.3 Å². The van der Waals surface area contributed by atoms with E-state index in [4.69, 9.17) is 4.74 Å². The highest BCUT2D eigenvalue weighted by Gasteiger charge is 2.39. The first-order valence-corrected chi connectivity index (χ1v) is 9.88. The van der Waals surface area contributed by atoms with Crippen molar-refractivity contribution in [3.8, 4) is 5.75 Å². The Morgan fingerprint density at radius 1 is 1.19 bits per heavy atom. The highest BCUT2D eigenvalue weighted by Crippen LogP contribution is 2.32. The van der Waals surface area contributed by atoms with Gasteiger partial charge in [-0.2, -0.15) is 0 Å². The van der Waals surface area contributed by atoms with Crippen LogP contribution in [0.25, 0.3) is 0 Å². The number of rotatable bonds is 4. The first-order valence-electron chi connectivity index (χ1n) is 9.88. The maximum Gasteiger partial charge on any atom is 0.239 e. The van der Waals surface area contributed by atoms with E-state index in [0.29, 0.717) is 5.92 Å². The van der Waals surface area contributed by atoms with Gasteiger partial charge in [0.2, 0.25) is 5.91 Å². The molecule has 2 fully saturated rings. The van der Waals surface area contributed by atoms with E-state index in [2.05, 4.69) is 53.1 Å². The lowest BCUT2D eigenvalue weighted by Gasteiger charge is -2.39. The molecule has 6 nitrogen and oxygen atoms in total. The number of ether oxygens (including phenoxy) is 1. The second kappa shape index (κ2) is 7.55. The summed E-state index contributed by atoms with van der Waals surface area (Å²) in [6.45, 7) is 8.88. The van der Waals surface area contributed by atoms with Gasteiger partial charge in [-0.15, -0.1) is 0 Å². The summed E-state index contributed by atoms with van der Waals surface area (Å²) in [6, 6.07) is 6.72. The van der Waals surface area contributed by atoms with Crippen molar-refractivity contribution in [2.45, 2.75) is 51.9 Å². The van der Waals surface area contributed by atoms with Crippen molar-refractivity contribution in [3.63, 3.8) is 0 Å². The van der Waals surface area contributed by atoms with Crippen LogP contribution < -0.4 is 20.9 Å². The van der Waals surface area contributed by atoms with Crippen LogP contribution in [0.3, 0.4) is 0 Å². The van der Waals surface area contributed by atoms with Gasteiger partial charge in [0.1, 0.15) is 11.9 Å². The van der Waals surface area contributed by atoms with E-state index < -0.39 is 0 Å². The minimum atomic E-state index is 0.0228. The molecular weight excluding hydrogens is 328 g/mol. The van der Waals surface area contributed by atoms with Gasteiger partial charge in [0.25, 0.3) is 0 Å². The Balaban J connectivity index is 1.45. The Morgan fingerprint density at radius 2 is 2.04 bits per heavy atom. The molecule has 0 spiro atoms. The number of hydrogen-bond donors (Lipinski definition) is 3. The zero-order valence-electron chi connectivity index (χ0n) is 15.8. The minimum Gasteiger partial charge on any atom is -0.489 e. The van der Waals surface area contributed by atoms with Crippen LogP contribution in [0.5, 0.6) is 5.75 Å². The van der Waals surface area contributed by atoms with Gasteiger partial charge in [-0.05, 0) is 48.6 Å². The van der Waals surface area contributed by atoms with Gasteiger partial charge in [-0.25, -0.2) is 5.43 Å². The lowest BCUT2D eigenvalue weighted by atomic mass is 9.85. The molecule has 3 unspecified atom stereocenters. The highest BCUT2D eigenvalue weighted by atomic mass is 16.5. The van der Waals surface area contributed by atoms with Crippen LogP contribution in [0.2, 0.25) is 0 Å². The molecule has 0 aromatic heterocycles. The monoisotopic (exact) mass is 358 g/mol. The van der Waals surface area contributed by atoms with E-state index in [1.54, 1.807) is 0 Å². The summed E-state index contributed by atoms with van der Waals surface area (Å²) in [5.74, 6) is 1.43. The Hall–Kier alpha value is -1.63. The zero-order valence-corrected chi connectivity index (χ0v) is 15.8. The molecule has 1 amide bonds. The minimum absolute atomic E-state index is 0.0228. The lowest BCUT2D eigenvalue weighted by molar-refractivity contribution is -0.133. The van der Waals surface area contributed by atoms with Gasteiger partial charge >= 0.3 is 0 Å². The van der Waals surface area contributed by atoms with Crippen LogP contribution >= 0.6 is 0 Å². The molecule has 26 heavy (non-hydrogen) atoms. The molecule has 6 heteroatoms. The Morgan fingerprint density at radius 3 is 2.81 bits per heavy atom. The number of piperidine rings is 1. The van der Waals surface area contributed by atoms with Crippen LogP contribution in [0.1, 0.15) is 37.8 Å². The first-order chi connectivity index (χ1) is 12.6. The zero-order chi connectivity index (χ0) is 18.1. The number of hydrogen-bond acceptors (Lipinski definition) is 5. The number of carbonyl (C=O) groups is 1. The number of nitrogens with zero attached hydrogens (tertiary/aromatic N) is 1. The van der Waals surface area contributed by atoms with Gasteiger partial charge in [0.15, 0.2) is 0 Å². The molecule has 0 aliphatic carbocycles. The maximum atomic E-state index is 12.3. The van der Waals surface area contributed by atoms with Crippen molar-refractivity contribution in [1.29, 1.82) is 0 Å². The Bertz CT molecular complexity index is 657. The van der Waals surface area contributed by atoms with Crippen molar-refractivity contribution in [2.24, 2.45) is 11.8 Å². The summed E-state index contributed by atoms with van der Waals surface area (Å²) >= 11 is 0. The SMILES string of the molecule is CC(C)C1C(=O)NNCC1N1Cc2ccc(OC3CCCNC3)cc2C1. The molecule has 4 rings (SSSR count). The van der Waals surface area contributed by atoms with Crippen LogP contribution in [0.15, 0.2) is 18.2 Å². The molecule has 3 atom stereocenters. The smallest absolute Gasteiger partial charge is 0.239 e. The van der Waals surface area contributed by atoms with Gasteiger partial charge < -0.3 is 10.1 Å². The predicted octanol–water partition coefficient (Wildman–Crippen LogP) is 1.41. The Labute approximate surface area is 155 Å². The largest absolute Gasteiger partial charge is 0.489 e. The topological polar surface area (TPSA) is 65.6 Å². The molecular formula is C20H30N4O2. The Kier molecular flexibility index (Phi) is 5.16. The predicted molar refractivity (Wildman–Crippen MR) is 100 cm³/mol. The number of nitrogens with one attached hydrogen (secondary N) is 3. The average Bonchev–Trinajstić information content (AvgIpc) is 3.05. The maximum absolute atomic E-state index is 12.3. The van der Waals surface area contributed by atoms with E-state index in [1.807, 2.05) is 0 Å². The van der Waals surface area contributed by atoms with Crippen molar-refractivity contribution >= 4 is 5.91 Å². The van der Waals surface area contributed by atoms with Crippen LogP contribution in [-0.4, -0.2) is 42.6 Å². The van der Waals surface area contributed by atoms with E-state index in [-0.39, 0.29) is 24.0 Å². The molecule has 0 radical (unpaired) electrons. The van der Waals surface area contributed by atoms with Crippen molar-refractivity contribution in [1.82, 2.24) is 21.1 Å². The fourth-order valence-corrected chi connectivity index (χ4v) is 4.55. The van der Waals surface area contributed by atoms with Crippen LogP contribution in [-0.2, 0) is 17.9 Å². The molecule has 0 bridgehead atoms. The second-order valence-corrected chi connectivity index (χ2v) is 8.13. The average molecular weight is 358 g/mol. The van der Waals surface area contributed by atoms with E-state index in [1.165, 1.54) is 17.5 Å². The molecule has 3 aliphatic heterocycles. The molecule has 3 N–H and O–H groups in total. The summed E-state index contributed by atoms with van der Waals surface area (Å²) in [5.41, 5.74) is 8.55. The van der Waals surface area contributed by atoms with Crippen molar-refractivity contribution < 1.29 is 9.53 Å².